The minimum Gasteiger partial charge on any atom is -0.477 e. The molecule has 144 valence electrons. The van der Waals surface area contributed by atoms with Crippen LogP contribution in [0.4, 0.5) is 5.82 Å². The second kappa shape index (κ2) is 6.18. The number of rotatable bonds is 3. The Balaban J connectivity index is 1.82. The van der Waals surface area contributed by atoms with Crippen LogP contribution in [0.3, 0.4) is 0 Å². The fraction of sp³-hybridized carbons (Fsp3) is 0.333. The molecule has 0 radical (unpaired) electrons. The molecule has 1 aliphatic heterocycles. The molecule has 28 heavy (non-hydrogen) atoms. The first-order chi connectivity index (χ1) is 13.5. The van der Waals surface area contributed by atoms with Gasteiger partial charge in [0.1, 0.15) is 11.4 Å². The second-order valence-electron chi connectivity index (χ2n) is 7.68. The fourth-order valence-corrected chi connectivity index (χ4v) is 5.47. The number of fused-ring (bicyclic) bond motifs is 2. The van der Waals surface area contributed by atoms with Crippen LogP contribution in [0.5, 0.6) is 0 Å². The highest BCUT2D eigenvalue weighted by Crippen LogP contribution is 2.45. The van der Waals surface area contributed by atoms with Gasteiger partial charge in [-0.1, -0.05) is 0 Å². The average molecular weight is 395 g/mol. The Morgan fingerprint density at radius 1 is 1.32 bits per heavy atom. The molecule has 6 nitrogen and oxygen atoms in total. The summed E-state index contributed by atoms with van der Waals surface area (Å²) in [6.07, 6.45) is 3.04. The van der Waals surface area contributed by atoms with Gasteiger partial charge in [-0.05, 0) is 67.0 Å². The molecule has 4 N–H and O–H groups in total. The zero-order valence-electron chi connectivity index (χ0n) is 15.5. The van der Waals surface area contributed by atoms with E-state index in [-0.39, 0.29) is 11.4 Å². The molecular formula is C21H21N3O3S. The molecule has 0 bridgehead atoms. The van der Waals surface area contributed by atoms with Crippen molar-refractivity contribution in [1.29, 1.82) is 0 Å². The zero-order chi connectivity index (χ0) is 19.6. The number of nitrogens with zero attached hydrogens (tertiary/aromatic N) is 1. The molecule has 0 aromatic carbocycles. The van der Waals surface area contributed by atoms with Crippen LogP contribution in [0.1, 0.15) is 50.7 Å². The highest BCUT2D eigenvalue weighted by atomic mass is 32.1. The van der Waals surface area contributed by atoms with Crippen molar-refractivity contribution < 1.29 is 9.90 Å². The van der Waals surface area contributed by atoms with Crippen molar-refractivity contribution in [2.45, 2.75) is 38.6 Å². The first-order valence-electron chi connectivity index (χ1n) is 9.50. The lowest BCUT2D eigenvalue weighted by Crippen LogP contribution is -2.25. The predicted octanol–water partition coefficient (Wildman–Crippen LogP) is 3.14. The van der Waals surface area contributed by atoms with E-state index in [4.69, 9.17) is 5.73 Å². The number of hydrogen-bond acceptors (Lipinski definition) is 5. The van der Waals surface area contributed by atoms with Gasteiger partial charge in [0.2, 0.25) is 0 Å². The number of nitrogens with two attached hydrogens (primary N) is 1. The Bertz CT molecular complexity index is 1180. The summed E-state index contributed by atoms with van der Waals surface area (Å²) in [5.74, 6) is -0.626. The maximum Gasteiger partial charge on any atom is 0.341 e. The van der Waals surface area contributed by atoms with Gasteiger partial charge in [-0.3, -0.25) is 9.20 Å². The lowest BCUT2D eigenvalue weighted by Gasteiger charge is -2.16. The number of aromatic carboxylic acids is 1. The van der Waals surface area contributed by atoms with Crippen molar-refractivity contribution in [1.82, 2.24) is 9.72 Å². The lowest BCUT2D eigenvalue weighted by molar-refractivity contribution is 0.0694. The molecular weight excluding hydrogens is 374 g/mol. The van der Waals surface area contributed by atoms with Crippen LogP contribution in [0, 0.1) is 6.92 Å². The van der Waals surface area contributed by atoms with E-state index in [2.05, 4.69) is 11.4 Å². The number of hydrogen-bond donors (Lipinski definition) is 3. The Labute approximate surface area is 165 Å². The van der Waals surface area contributed by atoms with E-state index in [0.717, 1.165) is 59.4 Å². The monoisotopic (exact) mass is 395 g/mol. The van der Waals surface area contributed by atoms with Crippen LogP contribution in [0.15, 0.2) is 23.0 Å². The molecule has 3 aromatic heterocycles. The van der Waals surface area contributed by atoms with Gasteiger partial charge in [0.15, 0.2) is 0 Å². The number of thiophene rings is 1. The predicted molar refractivity (Wildman–Crippen MR) is 110 cm³/mol. The number of carboxylic acids is 1. The summed E-state index contributed by atoms with van der Waals surface area (Å²) < 4.78 is 1.39. The van der Waals surface area contributed by atoms with Crippen molar-refractivity contribution in [2.75, 3.05) is 12.3 Å². The van der Waals surface area contributed by atoms with Crippen LogP contribution >= 0.6 is 11.3 Å². The SMILES string of the molecule is Cc1c(-c2cc3c(s2)CCNC3)cc(N)n2c(=O)c(C(=O)O)cc(C3CC3)c12. The van der Waals surface area contributed by atoms with E-state index in [1.54, 1.807) is 17.4 Å². The van der Waals surface area contributed by atoms with Crippen LogP contribution in [0.25, 0.3) is 16.0 Å². The van der Waals surface area contributed by atoms with Gasteiger partial charge in [0.05, 0.1) is 5.52 Å². The van der Waals surface area contributed by atoms with Gasteiger partial charge in [0.25, 0.3) is 5.56 Å². The molecule has 0 unspecified atom stereocenters. The van der Waals surface area contributed by atoms with E-state index in [1.165, 1.54) is 14.8 Å². The largest absolute Gasteiger partial charge is 0.477 e. The molecule has 3 aromatic rings. The first kappa shape index (κ1) is 17.5. The molecule has 0 saturated heterocycles. The maximum absolute atomic E-state index is 12.8. The maximum atomic E-state index is 12.8. The number of pyridine rings is 2. The summed E-state index contributed by atoms with van der Waals surface area (Å²) in [5.41, 5.74) is 10.6. The summed E-state index contributed by atoms with van der Waals surface area (Å²) in [4.78, 5) is 27.0. The van der Waals surface area contributed by atoms with Gasteiger partial charge in [-0.15, -0.1) is 11.3 Å². The van der Waals surface area contributed by atoms with Crippen molar-refractivity contribution >= 4 is 28.6 Å². The van der Waals surface area contributed by atoms with Crippen molar-refractivity contribution in [3.8, 4) is 10.4 Å². The molecule has 1 fully saturated rings. The van der Waals surface area contributed by atoms with E-state index in [9.17, 15) is 14.7 Å². The van der Waals surface area contributed by atoms with E-state index >= 15 is 0 Å². The number of nitrogens with one attached hydrogen (secondary N) is 1. The first-order valence-corrected chi connectivity index (χ1v) is 10.3. The minimum atomic E-state index is -1.21. The van der Waals surface area contributed by atoms with Gasteiger partial charge >= 0.3 is 5.97 Å². The summed E-state index contributed by atoms with van der Waals surface area (Å²) >= 11 is 1.78. The molecule has 7 heteroatoms. The molecule has 2 aliphatic rings. The molecule has 4 heterocycles. The molecule has 5 rings (SSSR count). The number of carbonyl (C=O) groups is 1. The molecule has 1 saturated carbocycles. The number of aryl methyl sites for hydroxylation is 1. The third-order valence-corrected chi connectivity index (χ3v) is 7.06. The normalized spacial score (nSPS) is 16.3. The number of aromatic nitrogens is 1. The standard InChI is InChI=1S/C21H21N3O3S/c1-10-13(17-6-12-9-23-5-4-16(12)28-17)8-18(22)24-19(10)14(11-2-3-11)7-15(20(24)25)21(26)27/h6-8,11,23H,2-5,9,22H2,1H3,(H,26,27). The van der Waals surface area contributed by atoms with Crippen LogP contribution in [0.2, 0.25) is 0 Å². The molecule has 0 atom stereocenters. The van der Waals surface area contributed by atoms with Gasteiger partial charge in [-0.2, -0.15) is 0 Å². The second-order valence-corrected chi connectivity index (χ2v) is 8.81. The van der Waals surface area contributed by atoms with Crippen LogP contribution < -0.4 is 16.6 Å². The topological polar surface area (TPSA) is 96.8 Å². The molecule has 0 spiro atoms. The number of anilines is 1. The Hall–Kier alpha value is -2.64. The van der Waals surface area contributed by atoms with Crippen molar-refractivity contribution in [3.05, 3.63) is 55.7 Å². The van der Waals surface area contributed by atoms with Crippen molar-refractivity contribution in [3.63, 3.8) is 0 Å². The van der Waals surface area contributed by atoms with E-state index < -0.39 is 11.5 Å². The van der Waals surface area contributed by atoms with E-state index in [0.29, 0.717) is 5.92 Å². The quantitative estimate of drug-likeness (QED) is 0.633. The van der Waals surface area contributed by atoms with Crippen LogP contribution in [-0.4, -0.2) is 22.0 Å². The highest BCUT2D eigenvalue weighted by Gasteiger charge is 2.30. The summed E-state index contributed by atoms with van der Waals surface area (Å²) in [6, 6.07) is 5.60. The van der Waals surface area contributed by atoms with Crippen LogP contribution in [-0.2, 0) is 13.0 Å². The molecule has 0 amide bonds. The van der Waals surface area contributed by atoms with Gasteiger partial charge < -0.3 is 16.2 Å². The third kappa shape index (κ3) is 2.57. The Kier molecular flexibility index (Phi) is 3.86. The van der Waals surface area contributed by atoms with Crippen molar-refractivity contribution in [2.24, 2.45) is 0 Å². The minimum absolute atomic E-state index is 0.212. The smallest absolute Gasteiger partial charge is 0.341 e. The highest BCUT2D eigenvalue weighted by molar-refractivity contribution is 7.15. The summed E-state index contributed by atoms with van der Waals surface area (Å²) in [7, 11) is 0. The van der Waals surface area contributed by atoms with E-state index in [1.807, 2.05) is 13.0 Å². The number of carboxylic acid groups (broad SMARTS) is 1. The molecule has 1 aliphatic carbocycles. The fourth-order valence-electron chi connectivity index (χ4n) is 4.22. The number of nitrogen functional groups attached to an aromatic ring is 1. The Morgan fingerprint density at radius 3 is 2.79 bits per heavy atom. The van der Waals surface area contributed by atoms with Gasteiger partial charge in [-0.25, -0.2) is 4.79 Å². The zero-order valence-corrected chi connectivity index (χ0v) is 16.4. The summed E-state index contributed by atoms with van der Waals surface area (Å²) in [5, 5.41) is 12.9. The third-order valence-electron chi connectivity index (χ3n) is 5.79. The average Bonchev–Trinajstić information content (AvgIpc) is 3.42. The summed E-state index contributed by atoms with van der Waals surface area (Å²) in [6.45, 7) is 3.88. The Morgan fingerprint density at radius 2 is 2.11 bits per heavy atom. The van der Waals surface area contributed by atoms with Gasteiger partial charge in [0, 0.05) is 28.4 Å². The lowest BCUT2D eigenvalue weighted by atomic mass is 9.99.